The zero-order valence-electron chi connectivity index (χ0n) is 30.1. The molecule has 0 aliphatic carbocycles. The second-order valence-electron chi connectivity index (χ2n) is 11.9. The molecule has 0 atom stereocenters. The van der Waals surface area contributed by atoms with Crippen LogP contribution in [0.1, 0.15) is 34.7 Å². The summed E-state index contributed by atoms with van der Waals surface area (Å²) in [6.07, 6.45) is 10.4. The van der Waals surface area contributed by atoms with Gasteiger partial charge >= 0.3 is 0 Å². The largest absolute Gasteiger partial charge is 0.378 e. The van der Waals surface area contributed by atoms with E-state index in [2.05, 4.69) is 192 Å². The maximum atomic E-state index is 3.85. The van der Waals surface area contributed by atoms with Gasteiger partial charge in [-0.15, -0.1) is 47.2 Å². The van der Waals surface area contributed by atoms with Crippen LogP contribution in [-0.4, -0.2) is 14.1 Å². The highest BCUT2D eigenvalue weighted by molar-refractivity contribution is 7.25. The van der Waals surface area contributed by atoms with Gasteiger partial charge in [0.1, 0.15) is 0 Å². The maximum absolute atomic E-state index is 3.85. The second-order valence-corrected chi connectivity index (χ2v) is 15.3. The van der Waals surface area contributed by atoms with Crippen molar-refractivity contribution in [2.75, 3.05) is 19.0 Å². The quantitative estimate of drug-likeness (QED) is 0.160. The number of thiophene rings is 3. The number of hydrogen-bond donors (Lipinski definition) is 0. The SMILES string of the molecule is C/C=C\c1c(C)sc2ccccc12.C=C.C=Cc1sc2ccccc2c1/C=C\C.CN(C)c1ccc(-c2ccc3sc4ccccc4c3c2)cc1. The van der Waals surface area contributed by atoms with Crippen molar-refractivity contribution >= 4 is 98.3 Å². The molecule has 0 amide bonds. The summed E-state index contributed by atoms with van der Waals surface area (Å²) in [5.41, 5.74) is 6.45. The summed E-state index contributed by atoms with van der Waals surface area (Å²) in [7, 11) is 4.14. The third-order valence-electron chi connectivity index (χ3n) is 8.43. The first-order chi connectivity index (χ1) is 24.9. The van der Waals surface area contributed by atoms with Crippen LogP contribution in [0.5, 0.6) is 0 Å². The zero-order chi connectivity index (χ0) is 36.3. The van der Waals surface area contributed by atoms with Crippen molar-refractivity contribution in [2.24, 2.45) is 0 Å². The van der Waals surface area contributed by atoms with Crippen LogP contribution in [0.3, 0.4) is 0 Å². The Morgan fingerprint density at radius 1 is 0.529 bits per heavy atom. The summed E-state index contributed by atoms with van der Waals surface area (Å²) in [4.78, 5) is 4.78. The lowest BCUT2D eigenvalue weighted by atomic mass is 10.0. The van der Waals surface area contributed by atoms with Gasteiger partial charge in [-0.1, -0.05) is 110 Å². The molecule has 8 aromatic rings. The molecule has 0 bridgehead atoms. The van der Waals surface area contributed by atoms with Crippen LogP contribution < -0.4 is 4.90 Å². The van der Waals surface area contributed by atoms with Crippen LogP contribution >= 0.6 is 34.0 Å². The fourth-order valence-corrected chi connectivity index (χ4v) is 9.18. The van der Waals surface area contributed by atoms with Gasteiger partial charge in [0.05, 0.1) is 0 Å². The standard InChI is InChI=1S/C20H17NS.C13H12S.C12H12S.C2H4/c1-21(2)16-10-7-14(8-11-16)15-9-12-20-18(13-15)17-5-3-4-6-19(17)22-20;1-3-7-10-11-8-5-6-9-13(11)14-12(10)4-2;1-3-6-10-9(2)13-12-8-5-4-7-11(10)12;1-2/h3-13H,1-2H3;3-9H,2H2,1H3;3-8H,1-2H3;1-2H2/b;7-3-;6-3-;. The molecule has 8 rings (SSSR count). The van der Waals surface area contributed by atoms with E-state index in [0.29, 0.717) is 0 Å². The number of allylic oxidation sites excluding steroid dienone is 2. The van der Waals surface area contributed by atoms with Crippen molar-refractivity contribution in [2.45, 2.75) is 20.8 Å². The molecule has 3 heterocycles. The molecular weight excluding hydrogens is 675 g/mol. The van der Waals surface area contributed by atoms with Gasteiger partial charge in [0.15, 0.2) is 0 Å². The molecular formula is C47H45NS3. The van der Waals surface area contributed by atoms with E-state index in [0.717, 1.165) is 0 Å². The van der Waals surface area contributed by atoms with Gasteiger partial charge in [-0.25, -0.2) is 0 Å². The van der Waals surface area contributed by atoms with Crippen LogP contribution in [-0.2, 0) is 0 Å². The average Bonchev–Trinajstić information content (AvgIpc) is 3.83. The number of rotatable bonds is 5. The summed E-state index contributed by atoms with van der Waals surface area (Å²) in [6.45, 7) is 16.1. The van der Waals surface area contributed by atoms with Crippen molar-refractivity contribution in [3.05, 3.63) is 168 Å². The van der Waals surface area contributed by atoms with Crippen molar-refractivity contribution in [3.63, 3.8) is 0 Å². The second kappa shape index (κ2) is 17.8. The van der Waals surface area contributed by atoms with Crippen molar-refractivity contribution in [3.8, 4) is 11.1 Å². The van der Waals surface area contributed by atoms with E-state index in [1.165, 1.54) is 78.0 Å². The third kappa shape index (κ3) is 8.49. The number of hydrogen-bond acceptors (Lipinski definition) is 4. The Kier molecular flexibility index (Phi) is 13.0. The lowest BCUT2D eigenvalue weighted by Gasteiger charge is -2.12. The molecule has 0 unspecified atom stereocenters. The first-order valence-corrected chi connectivity index (χ1v) is 19.4. The average molecular weight is 720 g/mol. The summed E-state index contributed by atoms with van der Waals surface area (Å²) in [5.74, 6) is 0. The third-order valence-corrected chi connectivity index (χ3v) is 11.9. The van der Waals surface area contributed by atoms with E-state index in [-0.39, 0.29) is 0 Å². The molecule has 0 N–H and O–H groups in total. The van der Waals surface area contributed by atoms with Crippen LogP contribution in [0.4, 0.5) is 5.69 Å². The normalized spacial score (nSPS) is 10.9. The highest BCUT2D eigenvalue weighted by Crippen LogP contribution is 2.37. The van der Waals surface area contributed by atoms with E-state index in [1.54, 1.807) is 11.3 Å². The van der Waals surface area contributed by atoms with E-state index in [9.17, 15) is 0 Å². The molecule has 3 aromatic heterocycles. The first kappa shape index (κ1) is 37.3. The van der Waals surface area contributed by atoms with E-state index >= 15 is 0 Å². The van der Waals surface area contributed by atoms with Crippen molar-refractivity contribution in [1.29, 1.82) is 0 Å². The Balaban J connectivity index is 0.000000152. The molecule has 51 heavy (non-hydrogen) atoms. The minimum atomic E-state index is 1.23. The van der Waals surface area contributed by atoms with Crippen LogP contribution in [0, 0.1) is 6.92 Å². The van der Waals surface area contributed by atoms with Gasteiger partial charge in [0, 0.05) is 64.5 Å². The summed E-state index contributed by atoms with van der Waals surface area (Å²) in [6, 6.07) is 41.2. The van der Waals surface area contributed by atoms with Crippen LogP contribution in [0.2, 0.25) is 0 Å². The number of aryl methyl sites for hydroxylation is 1. The monoisotopic (exact) mass is 719 g/mol. The summed E-state index contributed by atoms with van der Waals surface area (Å²) >= 11 is 5.53. The Morgan fingerprint density at radius 2 is 1.02 bits per heavy atom. The Labute approximate surface area is 315 Å². The summed E-state index contributed by atoms with van der Waals surface area (Å²) < 4.78 is 5.43. The zero-order valence-corrected chi connectivity index (χ0v) is 32.6. The van der Waals surface area contributed by atoms with E-state index < -0.39 is 0 Å². The topological polar surface area (TPSA) is 3.24 Å². The minimum Gasteiger partial charge on any atom is -0.378 e. The summed E-state index contributed by atoms with van der Waals surface area (Å²) in [5, 5.41) is 5.41. The molecule has 256 valence electrons. The molecule has 0 spiro atoms. The minimum absolute atomic E-state index is 1.23. The number of fused-ring (bicyclic) bond motifs is 5. The molecule has 0 aliphatic rings. The fraction of sp³-hybridized carbons (Fsp3) is 0.106. The van der Waals surface area contributed by atoms with Crippen molar-refractivity contribution < 1.29 is 0 Å². The molecule has 0 radical (unpaired) electrons. The first-order valence-electron chi connectivity index (χ1n) is 17.0. The van der Waals surface area contributed by atoms with Gasteiger partial charge < -0.3 is 4.90 Å². The molecule has 0 saturated heterocycles. The van der Waals surface area contributed by atoms with Gasteiger partial charge in [0.2, 0.25) is 0 Å². The van der Waals surface area contributed by atoms with Gasteiger partial charge in [-0.2, -0.15) is 0 Å². The lowest BCUT2D eigenvalue weighted by molar-refractivity contribution is 1.13. The predicted octanol–water partition coefficient (Wildman–Crippen LogP) is 15.4. The number of benzene rings is 5. The fourth-order valence-electron chi connectivity index (χ4n) is 5.99. The molecule has 1 nitrogen and oxygen atoms in total. The van der Waals surface area contributed by atoms with Crippen LogP contribution in [0.25, 0.3) is 69.7 Å². The maximum Gasteiger partial charge on any atom is 0.0361 e. The highest BCUT2D eigenvalue weighted by Gasteiger charge is 2.08. The smallest absolute Gasteiger partial charge is 0.0361 e. The predicted molar refractivity (Wildman–Crippen MR) is 238 cm³/mol. The Bertz CT molecular complexity index is 2430. The lowest BCUT2D eigenvalue weighted by Crippen LogP contribution is -2.07. The van der Waals surface area contributed by atoms with Gasteiger partial charge in [-0.3, -0.25) is 0 Å². The Hall–Kier alpha value is -5.00. The molecule has 0 fully saturated rings. The molecule has 4 heteroatoms. The molecule has 0 saturated carbocycles. The van der Waals surface area contributed by atoms with Gasteiger partial charge in [-0.05, 0) is 90.9 Å². The molecule has 5 aromatic carbocycles. The van der Waals surface area contributed by atoms with E-state index in [1.807, 2.05) is 35.7 Å². The number of anilines is 1. The molecule has 0 aliphatic heterocycles. The number of nitrogens with zero attached hydrogens (tertiary/aromatic N) is 1. The van der Waals surface area contributed by atoms with E-state index in [4.69, 9.17) is 0 Å². The van der Waals surface area contributed by atoms with Crippen LogP contribution in [0.15, 0.2) is 147 Å². The van der Waals surface area contributed by atoms with Gasteiger partial charge in [0.25, 0.3) is 0 Å². The van der Waals surface area contributed by atoms with Crippen molar-refractivity contribution in [1.82, 2.24) is 0 Å². The highest BCUT2D eigenvalue weighted by atomic mass is 32.1. The Morgan fingerprint density at radius 3 is 1.61 bits per heavy atom.